The molecule has 0 radical (unpaired) electrons. The number of esters is 1. The summed E-state index contributed by atoms with van der Waals surface area (Å²) in [6, 6.07) is 0. The maximum atomic E-state index is 10.6. The standard InChI is InChI=1S/C9H14O3/c1-3-5-8(10)6-7-9(11)12-4-2/h8,10H,3-5H2,1-2H3. The van der Waals surface area contributed by atoms with Crippen molar-refractivity contribution in [1.82, 2.24) is 0 Å². The number of carbonyl (C=O) groups is 1. The quantitative estimate of drug-likeness (QED) is 0.385. The molecule has 0 rings (SSSR count). The summed E-state index contributed by atoms with van der Waals surface area (Å²) in [6.45, 7) is 3.97. The van der Waals surface area contributed by atoms with E-state index in [1.54, 1.807) is 6.92 Å². The third-order valence-corrected chi connectivity index (χ3v) is 1.18. The van der Waals surface area contributed by atoms with Crippen molar-refractivity contribution in [3.05, 3.63) is 0 Å². The highest BCUT2D eigenvalue weighted by Crippen LogP contribution is 1.92. The van der Waals surface area contributed by atoms with Gasteiger partial charge < -0.3 is 9.84 Å². The Bertz CT molecular complexity index is 188. The van der Waals surface area contributed by atoms with E-state index in [1.807, 2.05) is 6.92 Å². The first-order chi connectivity index (χ1) is 5.70. The summed E-state index contributed by atoms with van der Waals surface area (Å²) >= 11 is 0. The predicted octanol–water partition coefficient (Wildman–Crippen LogP) is 0.714. The van der Waals surface area contributed by atoms with Gasteiger partial charge in [0.2, 0.25) is 0 Å². The van der Waals surface area contributed by atoms with Gasteiger partial charge in [-0.05, 0) is 13.3 Å². The molecule has 0 aliphatic heterocycles. The van der Waals surface area contributed by atoms with Crippen molar-refractivity contribution in [1.29, 1.82) is 0 Å². The van der Waals surface area contributed by atoms with Crippen molar-refractivity contribution in [2.75, 3.05) is 6.61 Å². The summed E-state index contributed by atoms with van der Waals surface area (Å²) in [5.41, 5.74) is 0. The van der Waals surface area contributed by atoms with Crippen LogP contribution in [0.15, 0.2) is 0 Å². The van der Waals surface area contributed by atoms with Crippen molar-refractivity contribution in [2.45, 2.75) is 32.8 Å². The Hall–Kier alpha value is -1.01. The van der Waals surface area contributed by atoms with Gasteiger partial charge in [-0.3, -0.25) is 0 Å². The molecule has 1 atom stereocenters. The van der Waals surface area contributed by atoms with Crippen LogP contribution in [0.25, 0.3) is 0 Å². The van der Waals surface area contributed by atoms with E-state index >= 15 is 0 Å². The van der Waals surface area contributed by atoms with Crippen LogP contribution in [0.4, 0.5) is 0 Å². The number of rotatable bonds is 3. The number of aliphatic hydroxyl groups is 1. The number of aliphatic hydroxyl groups excluding tert-OH is 1. The van der Waals surface area contributed by atoms with E-state index in [4.69, 9.17) is 5.11 Å². The second kappa shape index (κ2) is 6.68. The lowest BCUT2D eigenvalue weighted by molar-refractivity contribution is -0.136. The molecule has 0 aliphatic carbocycles. The molecule has 68 valence electrons. The highest BCUT2D eigenvalue weighted by molar-refractivity contribution is 5.88. The summed E-state index contributed by atoms with van der Waals surface area (Å²) in [7, 11) is 0. The lowest BCUT2D eigenvalue weighted by Crippen LogP contribution is -2.05. The van der Waals surface area contributed by atoms with E-state index < -0.39 is 12.1 Å². The lowest BCUT2D eigenvalue weighted by Gasteiger charge is -1.97. The first-order valence-corrected chi connectivity index (χ1v) is 4.07. The van der Waals surface area contributed by atoms with E-state index in [2.05, 4.69) is 16.6 Å². The summed E-state index contributed by atoms with van der Waals surface area (Å²) in [4.78, 5) is 10.6. The van der Waals surface area contributed by atoms with Gasteiger partial charge in [0, 0.05) is 5.92 Å². The Kier molecular flexibility index (Phi) is 6.12. The lowest BCUT2D eigenvalue weighted by atomic mass is 10.2. The van der Waals surface area contributed by atoms with Crippen molar-refractivity contribution in [2.24, 2.45) is 0 Å². The van der Waals surface area contributed by atoms with Crippen LogP contribution in [-0.2, 0) is 9.53 Å². The topological polar surface area (TPSA) is 46.5 Å². The van der Waals surface area contributed by atoms with Gasteiger partial charge >= 0.3 is 5.97 Å². The van der Waals surface area contributed by atoms with E-state index in [0.29, 0.717) is 13.0 Å². The fraction of sp³-hybridized carbons (Fsp3) is 0.667. The summed E-state index contributed by atoms with van der Waals surface area (Å²) in [6.07, 6.45) is 0.727. The fourth-order valence-electron chi connectivity index (χ4n) is 0.655. The summed E-state index contributed by atoms with van der Waals surface area (Å²) in [5, 5.41) is 9.08. The van der Waals surface area contributed by atoms with Crippen molar-refractivity contribution < 1.29 is 14.6 Å². The summed E-state index contributed by atoms with van der Waals surface area (Å²) < 4.78 is 4.55. The summed E-state index contributed by atoms with van der Waals surface area (Å²) in [5.74, 6) is 4.03. The van der Waals surface area contributed by atoms with Crippen LogP contribution in [0.2, 0.25) is 0 Å². The molecule has 0 aliphatic rings. The molecule has 3 nitrogen and oxygen atoms in total. The minimum absolute atomic E-state index is 0.317. The van der Waals surface area contributed by atoms with Gasteiger partial charge in [0.15, 0.2) is 0 Å². The first-order valence-electron chi connectivity index (χ1n) is 4.07. The molecule has 0 saturated heterocycles. The molecule has 3 heteroatoms. The molecule has 0 aromatic rings. The molecule has 0 aromatic carbocycles. The zero-order valence-corrected chi connectivity index (χ0v) is 7.46. The van der Waals surface area contributed by atoms with Crippen LogP contribution in [0.1, 0.15) is 26.7 Å². The molecule has 1 unspecified atom stereocenters. The van der Waals surface area contributed by atoms with E-state index in [1.165, 1.54) is 0 Å². The number of hydrogen-bond acceptors (Lipinski definition) is 3. The second-order valence-corrected chi connectivity index (χ2v) is 2.29. The molecule has 0 amide bonds. The maximum absolute atomic E-state index is 10.6. The Morgan fingerprint density at radius 2 is 2.25 bits per heavy atom. The largest absolute Gasteiger partial charge is 0.456 e. The molecular weight excluding hydrogens is 156 g/mol. The zero-order valence-electron chi connectivity index (χ0n) is 7.46. The smallest absolute Gasteiger partial charge is 0.384 e. The van der Waals surface area contributed by atoms with Crippen LogP contribution >= 0.6 is 0 Å². The molecular formula is C9H14O3. The van der Waals surface area contributed by atoms with E-state index in [-0.39, 0.29) is 0 Å². The molecule has 0 fully saturated rings. The van der Waals surface area contributed by atoms with Crippen LogP contribution in [0.5, 0.6) is 0 Å². The van der Waals surface area contributed by atoms with Crippen LogP contribution in [-0.4, -0.2) is 23.8 Å². The molecule has 1 N–H and O–H groups in total. The zero-order chi connectivity index (χ0) is 9.40. The molecule has 0 spiro atoms. The molecule has 0 aromatic heterocycles. The number of carbonyl (C=O) groups excluding carboxylic acids is 1. The highest BCUT2D eigenvalue weighted by Gasteiger charge is 1.97. The number of hydrogen-bond donors (Lipinski definition) is 1. The second-order valence-electron chi connectivity index (χ2n) is 2.29. The third kappa shape index (κ3) is 5.75. The van der Waals surface area contributed by atoms with Crippen LogP contribution in [0.3, 0.4) is 0 Å². The van der Waals surface area contributed by atoms with Gasteiger partial charge in [0.05, 0.1) is 6.61 Å². The van der Waals surface area contributed by atoms with Gasteiger partial charge in [-0.2, -0.15) is 0 Å². The van der Waals surface area contributed by atoms with Crippen molar-refractivity contribution >= 4 is 5.97 Å². The van der Waals surface area contributed by atoms with Crippen LogP contribution < -0.4 is 0 Å². The molecule has 0 bridgehead atoms. The monoisotopic (exact) mass is 170 g/mol. The Morgan fingerprint density at radius 3 is 2.75 bits per heavy atom. The van der Waals surface area contributed by atoms with Crippen molar-refractivity contribution in [3.63, 3.8) is 0 Å². The van der Waals surface area contributed by atoms with E-state index in [0.717, 1.165) is 6.42 Å². The Balaban J connectivity index is 3.76. The number of ether oxygens (including phenoxy) is 1. The van der Waals surface area contributed by atoms with Crippen molar-refractivity contribution in [3.8, 4) is 11.8 Å². The van der Waals surface area contributed by atoms with E-state index in [9.17, 15) is 4.79 Å². The van der Waals surface area contributed by atoms with Gasteiger partial charge in [0.1, 0.15) is 6.10 Å². The van der Waals surface area contributed by atoms with Gasteiger partial charge in [0.25, 0.3) is 0 Å². The Labute approximate surface area is 72.7 Å². The first kappa shape index (κ1) is 11.0. The fourth-order valence-corrected chi connectivity index (χ4v) is 0.655. The SMILES string of the molecule is CCCC(O)C#CC(=O)OCC. The third-order valence-electron chi connectivity index (χ3n) is 1.18. The molecule has 12 heavy (non-hydrogen) atoms. The molecule has 0 heterocycles. The highest BCUT2D eigenvalue weighted by atomic mass is 16.5. The minimum atomic E-state index is -0.709. The molecule has 0 saturated carbocycles. The Morgan fingerprint density at radius 1 is 1.58 bits per heavy atom. The minimum Gasteiger partial charge on any atom is -0.456 e. The van der Waals surface area contributed by atoms with Crippen LogP contribution in [0, 0.1) is 11.8 Å². The van der Waals surface area contributed by atoms with Gasteiger partial charge in [-0.15, -0.1) is 0 Å². The van der Waals surface area contributed by atoms with Gasteiger partial charge in [-0.1, -0.05) is 19.3 Å². The maximum Gasteiger partial charge on any atom is 0.384 e. The predicted molar refractivity (Wildman–Crippen MR) is 45.3 cm³/mol. The normalized spacial score (nSPS) is 11.2. The average molecular weight is 170 g/mol. The van der Waals surface area contributed by atoms with Gasteiger partial charge in [-0.25, -0.2) is 4.79 Å². The average Bonchev–Trinajstić information content (AvgIpc) is 2.02.